The van der Waals surface area contributed by atoms with E-state index in [-0.39, 0.29) is 16.3 Å². The van der Waals surface area contributed by atoms with Crippen LogP contribution in [0.5, 0.6) is 0 Å². The third kappa shape index (κ3) is 3.90. The summed E-state index contributed by atoms with van der Waals surface area (Å²) in [5.74, 6) is -1.12. The molecule has 0 aliphatic carbocycles. The van der Waals surface area contributed by atoms with Gasteiger partial charge in [0.15, 0.2) is 12.4 Å². The third-order valence-electron chi connectivity index (χ3n) is 4.96. The summed E-state index contributed by atoms with van der Waals surface area (Å²) in [6, 6.07) is 8.51. The Morgan fingerprint density at radius 3 is 2.47 bits per heavy atom. The predicted molar refractivity (Wildman–Crippen MR) is 111 cm³/mol. The number of benzene rings is 1. The molecule has 0 N–H and O–H groups in total. The molecule has 160 valence electrons. The van der Waals surface area contributed by atoms with Crippen LogP contribution >= 0.6 is 0 Å². The first-order valence-corrected chi connectivity index (χ1v) is 11.0. The van der Waals surface area contributed by atoms with E-state index in [1.54, 1.807) is 40.0 Å². The largest absolute Gasteiger partial charge is 0.453 e. The minimum absolute atomic E-state index is 0.0000974. The van der Waals surface area contributed by atoms with Crippen LogP contribution in [0.15, 0.2) is 45.8 Å². The highest BCUT2D eigenvalue weighted by molar-refractivity contribution is 7.89. The normalized spacial score (nSPS) is 11.9. The van der Waals surface area contributed by atoms with Gasteiger partial charge in [0.2, 0.25) is 15.8 Å². The number of carbonyl (C=O) groups excluding carboxylic acids is 2. The van der Waals surface area contributed by atoms with Gasteiger partial charge in [0.05, 0.1) is 0 Å². The lowest BCUT2D eigenvalue weighted by Gasteiger charge is -2.17. The molecule has 0 amide bonds. The van der Waals surface area contributed by atoms with Crippen molar-refractivity contribution >= 4 is 32.7 Å². The van der Waals surface area contributed by atoms with Gasteiger partial charge in [-0.2, -0.15) is 4.31 Å². The number of para-hydroxylation sites is 1. The van der Waals surface area contributed by atoms with Crippen LogP contribution in [0.1, 0.15) is 40.5 Å². The van der Waals surface area contributed by atoms with Gasteiger partial charge < -0.3 is 13.7 Å². The zero-order chi connectivity index (χ0) is 22.1. The van der Waals surface area contributed by atoms with Crippen LogP contribution in [0.25, 0.3) is 11.0 Å². The summed E-state index contributed by atoms with van der Waals surface area (Å²) in [6.07, 6.45) is 1.36. The van der Waals surface area contributed by atoms with Crippen molar-refractivity contribution in [2.45, 2.75) is 25.7 Å². The molecule has 2 aromatic heterocycles. The molecule has 0 bridgehead atoms. The lowest BCUT2D eigenvalue weighted by atomic mass is 10.1. The molecule has 0 aliphatic rings. The molecule has 0 radical (unpaired) electrons. The van der Waals surface area contributed by atoms with Crippen molar-refractivity contribution in [2.75, 3.05) is 19.7 Å². The maximum absolute atomic E-state index is 12.7. The van der Waals surface area contributed by atoms with Gasteiger partial charge in [0, 0.05) is 37.3 Å². The van der Waals surface area contributed by atoms with Gasteiger partial charge in [-0.05, 0) is 19.1 Å². The Morgan fingerprint density at radius 2 is 1.83 bits per heavy atom. The fraction of sp³-hybridized carbons (Fsp3) is 0.333. The van der Waals surface area contributed by atoms with Crippen molar-refractivity contribution in [1.82, 2.24) is 8.87 Å². The number of Topliss-reactive ketones (excluding diaryl/α,β-unsaturated/α-hetero) is 1. The van der Waals surface area contributed by atoms with Crippen molar-refractivity contribution in [1.29, 1.82) is 0 Å². The number of rotatable bonds is 8. The van der Waals surface area contributed by atoms with E-state index >= 15 is 0 Å². The lowest BCUT2D eigenvalue weighted by Crippen LogP contribution is -2.30. The van der Waals surface area contributed by atoms with E-state index in [0.29, 0.717) is 24.2 Å². The number of fused-ring (bicyclic) bond motifs is 1. The average Bonchev–Trinajstić information content (AvgIpc) is 3.28. The molecule has 30 heavy (non-hydrogen) atoms. The van der Waals surface area contributed by atoms with Gasteiger partial charge in [-0.15, -0.1) is 0 Å². The van der Waals surface area contributed by atoms with E-state index in [9.17, 15) is 18.0 Å². The number of aromatic nitrogens is 1. The molecule has 0 fully saturated rings. The van der Waals surface area contributed by atoms with Gasteiger partial charge in [-0.25, -0.2) is 13.2 Å². The Balaban J connectivity index is 1.76. The smallest absolute Gasteiger partial charge is 0.355 e. The number of esters is 1. The maximum Gasteiger partial charge on any atom is 0.355 e. The van der Waals surface area contributed by atoms with Crippen LogP contribution < -0.4 is 0 Å². The summed E-state index contributed by atoms with van der Waals surface area (Å²) in [7, 11) is -2.16. The minimum atomic E-state index is -3.71. The monoisotopic (exact) mass is 432 g/mol. The molecule has 2 heterocycles. The van der Waals surface area contributed by atoms with E-state index in [4.69, 9.17) is 9.15 Å². The quantitative estimate of drug-likeness (QED) is 0.401. The maximum atomic E-state index is 12.7. The number of carbonyl (C=O) groups is 2. The molecule has 1 aromatic carbocycles. The summed E-state index contributed by atoms with van der Waals surface area (Å²) in [4.78, 5) is 25.0. The summed E-state index contributed by atoms with van der Waals surface area (Å²) in [6.45, 7) is 5.37. The third-order valence-corrected chi connectivity index (χ3v) is 6.98. The van der Waals surface area contributed by atoms with E-state index in [2.05, 4.69) is 0 Å². The van der Waals surface area contributed by atoms with E-state index < -0.39 is 28.4 Å². The highest BCUT2D eigenvalue weighted by Gasteiger charge is 2.26. The lowest BCUT2D eigenvalue weighted by molar-refractivity contribution is 0.0458. The van der Waals surface area contributed by atoms with Crippen LogP contribution in [0.3, 0.4) is 0 Å². The number of ketones is 1. The van der Waals surface area contributed by atoms with Crippen LogP contribution in [-0.2, 0) is 21.8 Å². The van der Waals surface area contributed by atoms with Crippen LogP contribution in [0.4, 0.5) is 0 Å². The second-order valence-corrected chi connectivity index (χ2v) is 8.75. The molecule has 3 aromatic rings. The first-order valence-electron chi connectivity index (χ1n) is 9.55. The van der Waals surface area contributed by atoms with Gasteiger partial charge in [0.25, 0.3) is 0 Å². The fourth-order valence-corrected chi connectivity index (χ4v) is 4.83. The Kier molecular flexibility index (Phi) is 6.14. The van der Waals surface area contributed by atoms with Crippen LogP contribution in [0, 0.1) is 6.92 Å². The topological polar surface area (TPSA) is 98.8 Å². The molecule has 8 nitrogen and oxygen atoms in total. The van der Waals surface area contributed by atoms with E-state index in [1.807, 2.05) is 12.1 Å². The van der Waals surface area contributed by atoms with Gasteiger partial charge in [0.1, 0.15) is 16.2 Å². The standard InChI is InChI=1S/C21H24N2O6S/c1-5-23(6-2)30(26,27)15-11-17(22(4)12-15)21(25)28-13-18(24)20-14(3)16-9-7-8-10-19(16)29-20/h7-12H,5-6,13H2,1-4H3. The van der Waals surface area contributed by atoms with Crippen molar-refractivity contribution in [3.63, 3.8) is 0 Å². The second kappa shape index (κ2) is 8.45. The van der Waals surface area contributed by atoms with Gasteiger partial charge >= 0.3 is 5.97 Å². The number of aryl methyl sites for hydroxylation is 2. The van der Waals surface area contributed by atoms with Crippen molar-refractivity contribution < 1.29 is 27.2 Å². The van der Waals surface area contributed by atoms with Crippen molar-refractivity contribution in [2.24, 2.45) is 7.05 Å². The highest BCUT2D eigenvalue weighted by Crippen LogP contribution is 2.25. The molecule has 0 aliphatic heterocycles. The number of furan rings is 1. The van der Waals surface area contributed by atoms with Gasteiger partial charge in [-0.1, -0.05) is 32.0 Å². The van der Waals surface area contributed by atoms with E-state index in [1.165, 1.54) is 21.1 Å². The Morgan fingerprint density at radius 1 is 1.17 bits per heavy atom. The van der Waals surface area contributed by atoms with Crippen LogP contribution in [0.2, 0.25) is 0 Å². The number of ether oxygens (including phenoxy) is 1. The van der Waals surface area contributed by atoms with Crippen molar-refractivity contribution in [3.05, 3.63) is 53.5 Å². The highest BCUT2D eigenvalue weighted by atomic mass is 32.2. The Bertz CT molecular complexity index is 1200. The van der Waals surface area contributed by atoms with E-state index in [0.717, 1.165) is 5.39 Å². The number of sulfonamides is 1. The Labute approximate surface area is 175 Å². The summed E-state index contributed by atoms with van der Waals surface area (Å²) >= 11 is 0. The SMILES string of the molecule is CCN(CC)S(=O)(=O)c1cc(C(=O)OCC(=O)c2oc3ccccc3c2C)n(C)c1. The molecule has 0 atom stereocenters. The molecule has 0 saturated carbocycles. The fourth-order valence-electron chi connectivity index (χ4n) is 3.30. The molecule has 0 spiro atoms. The molecule has 0 saturated heterocycles. The number of nitrogens with zero attached hydrogens (tertiary/aromatic N) is 2. The summed E-state index contributed by atoms with van der Waals surface area (Å²) in [5.41, 5.74) is 1.30. The molecular formula is C21H24N2O6S. The van der Waals surface area contributed by atoms with Crippen LogP contribution in [-0.4, -0.2) is 48.7 Å². The first-order chi connectivity index (χ1) is 14.2. The molecule has 0 unspecified atom stereocenters. The molecule has 9 heteroatoms. The van der Waals surface area contributed by atoms with Gasteiger partial charge in [-0.3, -0.25) is 4.79 Å². The Hall–Kier alpha value is -2.91. The van der Waals surface area contributed by atoms with Crippen molar-refractivity contribution in [3.8, 4) is 0 Å². The zero-order valence-electron chi connectivity index (χ0n) is 17.3. The number of hydrogen-bond acceptors (Lipinski definition) is 6. The number of hydrogen-bond donors (Lipinski definition) is 0. The minimum Gasteiger partial charge on any atom is -0.453 e. The average molecular weight is 432 g/mol. The molecular weight excluding hydrogens is 408 g/mol. The summed E-state index contributed by atoms with van der Waals surface area (Å²) < 4.78 is 38.7. The first kappa shape index (κ1) is 21.8. The molecule has 3 rings (SSSR count). The predicted octanol–water partition coefficient (Wildman–Crippen LogP) is 3.15. The summed E-state index contributed by atoms with van der Waals surface area (Å²) in [5, 5.41) is 0.820. The second-order valence-electron chi connectivity index (χ2n) is 6.81. The zero-order valence-corrected chi connectivity index (χ0v) is 18.2.